The Bertz CT molecular complexity index is 336. The van der Waals surface area contributed by atoms with Crippen molar-refractivity contribution in [3.63, 3.8) is 0 Å². The summed E-state index contributed by atoms with van der Waals surface area (Å²) in [6.45, 7) is 0. The first-order valence-electron chi connectivity index (χ1n) is 3.45. The molecular formula is C7H9BrNO3P. The zero-order valence-corrected chi connectivity index (χ0v) is 9.71. The van der Waals surface area contributed by atoms with Crippen molar-refractivity contribution in [3.8, 4) is 0 Å². The van der Waals surface area contributed by atoms with Crippen LogP contribution in [0.4, 0.5) is 0 Å². The highest BCUT2D eigenvalue weighted by Crippen LogP contribution is 2.46. The average molecular weight is 266 g/mol. The Morgan fingerprint density at radius 2 is 2.08 bits per heavy atom. The van der Waals surface area contributed by atoms with E-state index in [0.717, 1.165) is 0 Å². The van der Waals surface area contributed by atoms with Gasteiger partial charge in [0.15, 0.2) is 0 Å². The lowest BCUT2D eigenvalue weighted by Gasteiger charge is -2.14. The molecule has 1 rings (SSSR count). The Balaban J connectivity index is 3.20. The quantitative estimate of drug-likeness (QED) is 0.784. The number of hydrogen-bond acceptors (Lipinski definition) is 4. The summed E-state index contributed by atoms with van der Waals surface area (Å²) in [7, 11) is -0.469. The molecule has 0 aliphatic carbocycles. The third-order valence-electron chi connectivity index (χ3n) is 1.53. The number of aromatic nitrogens is 1. The summed E-state index contributed by atoms with van der Waals surface area (Å²) >= 11 is 3.22. The molecule has 0 saturated carbocycles. The molecule has 0 atom stereocenters. The number of nitrogens with zero attached hydrogens (tertiary/aromatic N) is 1. The second-order valence-corrected chi connectivity index (χ2v) is 5.25. The molecule has 0 N–H and O–H groups in total. The minimum atomic E-state index is -3.16. The molecular weight excluding hydrogens is 257 g/mol. The van der Waals surface area contributed by atoms with E-state index in [1.807, 2.05) is 0 Å². The fourth-order valence-electron chi connectivity index (χ4n) is 0.861. The third kappa shape index (κ3) is 2.17. The zero-order chi connectivity index (χ0) is 9.90. The van der Waals surface area contributed by atoms with E-state index < -0.39 is 7.60 Å². The summed E-state index contributed by atoms with van der Waals surface area (Å²) in [6.07, 6.45) is 3.07. The lowest BCUT2D eigenvalue weighted by molar-refractivity contribution is 0.287. The SMILES string of the molecule is COP(=O)(OC)c1ccncc1Br. The van der Waals surface area contributed by atoms with Gasteiger partial charge >= 0.3 is 7.60 Å². The van der Waals surface area contributed by atoms with Crippen LogP contribution in [0.2, 0.25) is 0 Å². The van der Waals surface area contributed by atoms with E-state index >= 15 is 0 Å². The number of hydrogen-bond donors (Lipinski definition) is 0. The van der Waals surface area contributed by atoms with Crippen LogP contribution in [0.15, 0.2) is 22.9 Å². The van der Waals surface area contributed by atoms with Crippen LogP contribution in [0.3, 0.4) is 0 Å². The van der Waals surface area contributed by atoms with Crippen molar-refractivity contribution in [2.24, 2.45) is 0 Å². The van der Waals surface area contributed by atoms with Gasteiger partial charge in [-0.1, -0.05) is 0 Å². The first kappa shape index (κ1) is 10.9. The molecule has 72 valence electrons. The molecule has 0 saturated heterocycles. The Hall–Kier alpha value is -0.220. The molecule has 0 unspecified atom stereocenters. The lowest BCUT2D eigenvalue weighted by atomic mass is 10.5. The summed E-state index contributed by atoms with van der Waals surface area (Å²) in [5.41, 5.74) is 0. The van der Waals surface area contributed by atoms with Gasteiger partial charge in [0.2, 0.25) is 0 Å². The highest BCUT2D eigenvalue weighted by molar-refractivity contribution is 9.10. The fraction of sp³-hybridized carbons (Fsp3) is 0.286. The average Bonchev–Trinajstić information content (AvgIpc) is 2.17. The van der Waals surface area contributed by atoms with Gasteiger partial charge in [-0.05, 0) is 22.0 Å². The van der Waals surface area contributed by atoms with Crippen molar-refractivity contribution in [1.82, 2.24) is 4.98 Å². The van der Waals surface area contributed by atoms with Crippen molar-refractivity contribution in [3.05, 3.63) is 22.9 Å². The summed E-state index contributed by atoms with van der Waals surface area (Å²) in [4.78, 5) is 3.85. The van der Waals surface area contributed by atoms with Crippen LogP contribution in [0.5, 0.6) is 0 Å². The van der Waals surface area contributed by atoms with Gasteiger partial charge in [0.1, 0.15) is 0 Å². The molecule has 0 radical (unpaired) electrons. The topological polar surface area (TPSA) is 48.4 Å². The van der Waals surface area contributed by atoms with Gasteiger partial charge in [-0.2, -0.15) is 0 Å². The van der Waals surface area contributed by atoms with Crippen LogP contribution < -0.4 is 5.30 Å². The molecule has 0 aromatic carbocycles. The highest BCUT2D eigenvalue weighted by Gasteiger charge is 2.26. The Kier molecular flexibility index (Phi) is 3.62. The lowest BCUT2D eigenvalue weighted by Crippen LogP contribution is -2.09. The predicted octanol–water partition coefficient (Wildman–Crippen LogP) is 1.96. The Morgan fingerprint density at radius 3 is 2.54 bits per heavy atom. The molecule has 1 heterocycles. The molecule has 1 aromatic rings. The van der Waals surface area contributed by atoms with Crippen molar-refractivity contribution in [1.29, 1.82) is 0 Å². The number of rotatable bonds is 3. The largest absolute Gasteiger partial charge is 0.362 e. The van der Waals surface area contributed by atoms with Gasteiger partial charge in [-0.25, -0.2) is 0 Å². The highest BCUT2D eigenvalue weighted by atomic mass is 79.9. The second-order valence-electron chi connectivity index (χ2n) is 2.19. The molecule has 0 amide bonds. The summed E-state index contributed by atoms with van der Waals surface area (Å²) in [5.74, 6) is 0. The van der Waals surface area contributed by atoms with Crippen molar-refractivity contribution in [2.45, 2.75) is 0 Å². The van der Waals surface area contributed by atoms with E-state index in [0.29, 0.717) is 9.78 Å². The first-order chi connectivity index (χ1) is 6.14. The predicted molar refractivity (Wildman–Crippen MR) is 53.2 cm³/mol. The minimum absolute atomic E-state index is 0.479. The van der Waals surface area contributed by atoms with E-state index in [1.54, 1.807) is 12.3 Å². The van der Waals surface area contributed by atoms with Crippen LogP contribution in [-0.2, 0) is 13.6 Å². The number of halogens is 1. The van der Waals surface area contributed by atoms with Gasteiger partial charge in [-0.3, -0.25) is 9.55 Å². The van der Waals surface area contributed by atoms with Crippen LogP contribution in [0.1, 0.15) is 0 Å². The van der Waals surface area contributed by atoms with Crippen LogP contribution in [0.25, 0.3) is 0 Å². The van der Waals surface area contributed by atoms with Gasteiger partial charge in [-0.15, -0.1) is 0 Å². The maximum Gasteiger partial charge on any atom is 0.362 e. The molecule has 6 heteroatoms. The zero-order valence-electron chi connectivity index (χ0n) is 7.23. The molecule has 0 fully saturated rings. The minimum Gasteiger partial charge on any atom is -0.309 e. The number of pyridine rings is 1. The standard InChI is InChI=1S/C7H9BrNO3P/c1-11-13(10,12-2)7-3-4-9-5-6(7)8/h3-5H,1-2H3. The van der Waals surface area contributed by atoms with E-state index in [2.05, 4.69) is 20.9 Å². The molecule has 0 spiro atoms. The van der Waals surface area contributed by atoms with Crippen molar-refractivity contribution in [2.75, 3.05) is 14.2 Å². The summed E-state index contributed by atoms with van der Waals surface area (Å²) < 4.78 is 22.1. The normalized spacial score (nSPS) is 11.6. The summed E-state index contributed by atoms with van der Waals surface area (Å²) in [6, 6.07) is 1.60. The monoisotopic (exact) mass is 265 g/mol. The van der Waals surface area contributed by atoms with E-state index in [1.165, 1.54) is 20.4 Å². The molecule has 0 aliphatic heterocycles. The van der Waals surface area contributed by atoms with Gasteiger partial charge in [0.05, 0.1) is 9.78 Å². The molecule has 13 heavy (non-hydrogen) atoms. The summed E-state index contributed by atoms with van der Waals surface area (Å²) in [5, 5.41) is 0.479. The maximum absolute atomic E-state index is 11.9. The van der Waals surface area contributed by atoms with Gasteiger partial charge in [0.25, 0.3) is 0 Å². The molecule has 0 bridgehead atoms. The van der Waals surface area contributed by atoms with Gasteiger partial charge in [0, 0.05) is 26.6 Å². The van der Waals surface area contributed by atoms with E-state index in [9.17, 15) is 4.57 Å². The van der Waals surface area contributed by atoms with Crippen LogP contribution in [-0.4, -0.2) is 19.2 Å². The van der Waals surface area contributed by atoms with Crippen molar-refractivity contribution < 1.29 is 13.6 Å². The smallest absolute Gasteiger partial charge is 0.309 e. The second kappa shape index (κ2) is 4.33. The molecule has 0 aliphatic rings. The molecule has 1 aromatic heterocycles. The maximum atomic E-state index is 11.9. The van der Waals surface area contributed by atoms with Crippen LogP contribution in [0, 0.1) is 0 Å². The van der Waals surface area contributed by atoms with E-state index in [4.69, 9.17) is 9.05 Å². The van der Waals surface area contributed by atoms with Gasteiger partial charge < -0.3 is 9.05 Å². The Labute approximate surface area is 84.9 Å². The van der Waals surface area contributed by atoms with Crippen LogP contribution >= 0.6 is 23.5 Å². The first-order valence-corrected chi connectivity index (χ1v) is 5.79. The molecule has 4 nitrogen and oxygen atoms in total. The third-order valence-corrected chi connectivity index (χ3v) is 4.41. The fourth-order valence-corrected chi connectivity index (χ4v) is 2.87. The van der Waals surface area contributed by atoms with Crippen molar-refractivity contribution >= 4 is 28.8 Å². The van der Waals surface area contributed by atoms with E-state index in [-0.39, 0.29) is 0 Å². The Morgan fingerprint density at radius 1 is 1.46 bits per heavy atom.